The first-order chi connectivity index (χ1) is 39.0. The summed E-state index contributed by atoms with van der Waals surface area (Å²) in [6.07, 6.45) is 87.9. The number of unbranched alkanes of at least 4 members (excludes halogenated alkanes) is 40. The van der Waals surface area contributed by atoms with Crippen LogP contribution in [-0.2, 0) is 28.6 Å². The van der Waals surface area contributed by atoms with Gasteiger partial charge in [-0.25, -0.2) is 0 Å². The van der Waals surface area contributed by atoms with E-state index in [9.17, 15) is 14.4 Å². The van der Waals surface area contributed by atoms with Gasteiger partial charge >= 0.3 is 17.9 Å². The van der Waals surface area contributed by atoms with E-state index in [2.05, 4.69) is 93.7 Å². The van der Waals surface area contributed by atoms with Gasteiger partial charge < -0.3 is 14.2 Å². The molecule has 79 heavy (non-hydrogen) atoms. The van der Waals surface area contributed by atoms with Crippen LogP contribution in [0, 0.1) is 0 Å². The predicted octanol–water partition coefficient (Wildman–Crippen LogP) is 23.7. The lowest BCUT2D eigenvalue weighted by Crippen LogP contribution is -2.30. The SMILES string of the molecule is CC/C=C\C/C=C\C/C=C\C/C=C\CCCCCCCCCCCCCCCCCCCCCCC(=O)OCC(COC(=O)CCCCCCC/C=C\CCCCCCC)OC(=O)CCCCCCC/C=C\CCCCCCC. The molecule has 0 aromatic carbocycles. The van der Waals surface area contributed by atoms with Crippen molar-refractivity contribution in [3.05, 3.63) is 72.9 Å². The quantitative estimate of drug-likeness (QED) is 0.0261. The maximum absolute atomic E-state index is 12.9. The summed E-state index contributed by atoms with van der Waals surface area (Å²) in [6.45, 7) is 6.54. The molecule has 0 amide bonds. The standard InChI is InChI=1S/C73H130O6/c1-4-7-10-13-16-19-22-25-28-29-30-31-32-33-34-35-36-37-38-39-40-41-42-43-44-45-46-49-51-54-57-60-63-66-72(75)78-69-70(79-73(76)67-64-61-58-55-52-48-27-24-21-18-15-12-9-6-3)68-77-71(74)65-62-59-56-53-50-47-26-23-20-17-14-11-8-5-2/h7,10,16,19,23-28,30-31,70H,4-6,8-9,11-15,17-18,20-22,29,32-69H2,1-3H3/b10-7-,19-16-,26-23-,27-24-,28-25-,31-30-. The minimum Gasteiger partial charge on any atom is -0.462 e. The summed E-state index contributed by atoms with van der Waals surface area (Å²) in [5.41, 5.74) is 0. The Labute approximate surface area is 491 Å². The molecule has 1 unspecified atom stereocenters. The van der Waals surface area contributed by atoms with Gasteiger partial charge in [0.05, 0.1) is 0 Å². The number of allylic oxidation sites excluding steroid dienone is 12. The zero-order valence-corrected chi connectivity index (χ0v) is 52.6. The maximum Gasteiger partial charge on any atom is 0.306 e. The van der Waals surface area contributed by atoms with Gasteiger partial charge in [-0.15, -0.1) is 0 Å². The van der Waals surface area contributed by atoms with E-state index in [1.165, 1.54) is 212 Å². The lowest BCUT2D eigenvalue weighted by molar-refractivity contribution is -0.167. The second-order valence-electron chi connectivity index (χ2n) is 23.1. The minimum atomic E-state index is -0.781. The van der Waals surface area contributed by atoms with Crippen LogP contribution in [0.4, 0.5) is 0 Å². The fourth-order valence-corrected chi connectivity index (χ4v) is 10.0. The van der Waals surface area contributed by atoms with Crippen molar-refractivity contribution in [2.45, 2.75) is 361 Å². The zero-order chi connectivity index (χ0) is 57.1. The fraction of sp³-hybridized carbons (Fsp3) is 0.795. The molecular formula is C73H130O6. The van der Waals surface area contributed by atoms with Crippen LogP contribution in [-0.4, -0.2) is 37.2 Å². The van der Waals surface area contributed by atoms with E-state index in [-0.39, 0.29) is 31.1 Å². The van der Waals surface area contributed by atoms with E-state index in [4.69, 9.17) is 14.2 Å². The summed E-state index contributed by atoms with van der Waals surface area (Å²) in [6, 6.07) is 0. The van der Waals surface area contributed by atoms with Gasteiger partial charge in [-0.1, -0.05) is 299 Å². The van der Waals surface area contributed by atoms with Crippen molar-refractivity contribution in [3.8, 4) is 0 Å². The molecule has 6 nitrogen and oxygen atoms in total. The molecule has 0 N–H and O–H groups in total. The molecule has 0 aliphatic carbocycles. The highest BCUT2D eigenvalue weighted by molar-refractivity contribution is 5.71. The van der Waals surface area contributed by atoms with Crippen LogP contribution in [0.1, 0.15) is 355 Å². The first-order valence-corrected chi connectivity index (χ1v) is 34.4. The Morgan fingerprint density at radius 1 is 0.266 bits per heavy atom. The second-order valence-corrected chi connectivity index (χ2v) is 23.1. The topological polar surface area (TPSA) is 78.9 Å². The number of carbonyl (C=O) groups excluding carboxylic acids is 3. The number of hydrogen-bond donors (Lipinski definition) is 0. The molecule has 458 valence electrons. The van der Waals surface area contributed by atoms with Crippen LogP contribution in [0.25, 0.3) is 0 Å². The molecule has 0 aromatic rings. The van der Waals surface area contributed by atoms with E-state index in [0.717, 1.165) is 103 Å². The van der Waals surface area contributed by atoms with Gasteiger partial charge in [0.15, 0.2) is 6.10 Å². The molecule has 0 aromatic heterocycles. The van der Waals surface area contributed by atoms with Gasteiger partial charge in [-0.2, -0.15) is 0 Å². The molecule has 0 aliphatic heterocycles. The highest BCUT2D eigenvalue weighted by atomic mass is 16.6. The number of esters is 3. The van der Waals surface area contributed by atoms with Crippen molar-refractivity contribution in [2.24, 2.45) is 0 Å². The van der Waals surface area contributed by atoms with Crippen molar-refractivity contribution < 1.29 is 28.6 Å². The third-order valence-electron chi connectivity index (χ3n) is 15.2. The third-order valence-corrected chi connectivity index (χ3v) is 15.2. The molecule has 6 heteroatoms. The third kappa shape index (κ3) is 65.5. The van der Waals surface area contributed by atoms with Gasteiger partial charge in [0, 0.05) is 19.3 Å². The van der Waals surface area contributed by atoms with Crippen molar-refractivity contribution in [2.75, 3.05) is 13.2 Å². The van der Waals surface area contributed by atoms with Crippen LogP contribution in [0.3, 0.4) is 0 Å². The smallest absolute Gasteiger partial charge is 0.306 e. The lowest BCUT2D eigenvalue weighted by Gasteiger charge is -2.18. The van der Waals surface area contributed by atoms with E-state index < -0.39 is 6.10 Å². The summed E-state index contributed by atoms with van der Waals surface area (Å²) >= 11 is 0. The van der Waals surface area contributed by atoms with Crippen molar-refractivity contribution in [1.29, 1.82) is 0 Å². The van der Waals surface area contributed by atoms with Crippen molar-refractivity contribution in [3.63, 3.8) is 0 Å². The molecule has 0 heterocycles. The summed E-state index contributed by atoms with van der Waals surface area (Å²) in [4.78, 5) is 38.3. The Morgan fingerprint density at radius 3 is 0.785 bits per heavy atom. The molecule has 0 saturated heterocycles. The molecule has 0 aliphatic rings. The first kappa shape index (κ1) is 75.8. The Hall–Kier alpha value is -3.15. The summed E-state index contributed by atoms with van der Waals surface area (Å²) in [5.74, 6) is -0.875. The normalized spacial score (nSPS) is 12.5. The minimum absolute atomic E-state index is 0.0767. The predicted molar refractivity (Wildman–Crippen MR) is 344 cm³/mol. The largest absolute Gasteiger partial charge is 0.462 e. The molecule has 0 saturated carbocycles. The Bertz CT molecular complexity index is 1450. The van der Waals surface area contributed by atoms with Gasteiger partial charge in [-0.05, 0) is 109 Å². The summed E-state index contributed by atoms with van der Waals surface area (Å²) in [5, 5.41) is 0. The van der Waals surface area contributed by atoms with Gasteiger partial charge in [0.25, 0.3) is 0 Å². The molecule has 0 spiro atoms. The van der Waals surface area contributed by atoms with Crippen LogP contribution in [0.2, 0.25) is 0 Å². The van der Waals surface area contributed by atoms with Crippen molar-refractivity contribution >= 4 is 17.9 Å². The van der Waals surface area contributed by atoms with E-state index in [1.54, 1.807) is 0 Å². The van der Waals surface area contributed by atoms with Crippen LogP contribution in [0.5, 0.6) is 0 Å². The second kappa shape index (κ2) is 67.4. The van der Waals surface area contributed by atoms with Gasteiger partial charge in [-0.3, -0.25) is 14.4 Å². The molecule has 0 rings (SSSR count). The Morgan fingerprint density at radius 2 is 0.494 bits per heavy atom. The summed E-state index contributed by atoms with van der Waals surface area (Å²) in [7, 11) is 0. The van der Waals surface area contributed by atoms with Crippen LogP contribution < -0.4 is 0 Å². The highest BCUT2D eigenvalue weighted by Crippen LogP contribution is 2.17. The number of ether oxygens (including phenoxy) is 3. The summed E-state index contributed by atoms with van der Waals surface area (Å²) < 4.78 is 16.9. The number of rotatable bonds is 63. The zero-order valence-electron chi connectivity index (χ0n) is 52.6. The van der Waals surface area contributed by atoms with E-state index >= 15 is 0 Å². The average Bonchev–Trinajstić information content (AvgIpc) is 3.45. The Kier molecular flexibility index (Phi) is 64.7. The van der Waals surface area contributed by atoms with Crippen LogP contribution in [0.15, 0.2) is 72.9 Å². The van der Waals surface area contributed by atoms with Crippen LogP contribution >= 0.6 is 0 Å². The lowest BCUT2D eigenvalue weighted by atomic mass is 10.0. The molecule has 1 atom stereocenters. The number of carbonyl (C=O) groups is 3. The van der Waals surface area contributed by atoms with Crippen molar-refractivity contribution in [1.82, 2.24) is 0 Å². The molecule has 0 bridgehead atoms. The fourth-order valence-electron chi connectivity index (χ4n) is 10.0. The van der Waals surface area contributed by atoms with E-state index in [0.29, 0.717) is 19.3 Å². The Balaban J connectivity index is 4.12. The highest BCUT2D eigenvalue weighted by Gasteiger charge is 2.19. The maximum atomic E-state index is 12.9. The monoisotopic (exact) mass is 1100 g/mol. The van der Waals surface area contributed by atoms with Gasteiger partial charge in [0.1, 0.15) is 13.2 Å². The molecule has 0 fully saturated rings. The first-order valence-electron chi connectivity index (χ1n) is 34.4. The molecular weight excluding hydrogens is 973 g/mol. The average molecular weight is 1100 g/mol. The number of hydrogen-bond acceptors (Lipinski definition) is 6. The molecule has 0 radical (unpaired) electrons. The van der Waals surface area contributed by atoms with Gasteiger partial charge in [0.2, 0.25) is 0 Å². The van der Waals surface area contributed by atoms with E-state index in [1.807, 2.05) is 0 Å².